The lowest BCUT2D eigenvalue weighted by Crippen LogP contribution is -2.36. The number of hydrogen-bond donors (Lipinski definition) is 1. The van der Waals surface area contributed by atoms with Gasteiger partial charge in [0, 0.05) is 24.7 Å². The van der Waals surface area contributed by atoms with Crippen molar-refractivity contribution < 1.29 is 4.42 Å². The highest BCUT2D eigenvalue weighted by atomic mass is 16.3. The average Bonchev–Trinajstić information content (AvgIpc) is 2.92. The Balaban J connectivity index is 1.64. The van der Waals surface area contributed by atoms with E-state index in [4.69, 9.17) is 10.2 Å². The SMILES string of the molecule is Cc1oc(CN2CCCN3CCCC3C2)cc1CN. The molecule has 4 nitrogen and oxygen atoms in total. The maximum atomic E-state index is 5.83. The van der Waals surface area contributed by atoms with Crippen LogP contribution in [-0.4, -0.2) is 42.0 Å². The summed E-state index contributed by atoms with van der Waals surface area (Å²) in [6, 6.07) is 2.90. The first kappa shape index (κ1) is 13.2. The topological polar surface area (TPSA) is 45.6 Å². The van der Waals surface area contributed by atoms with E-state index in [9.17, 15) is 0 Å². The summed E-state index contributed by atoms with van der Waals surface area (Å²) in [5.41, 5.74) is 6.86. The molecule has 3 rings (SSSR count). The van der Waals surface area contributed by atoms with E-state index in [0.29, 0.717) is 6.54 Å². The number of aryl methyl sites for hydroxylation is 1. The molecule has 0 spiro atoms. The summed E-state index contributed by atoms with van der Waals surface area (Å²) in [7, 11) is 0. The van der Waals surface area contributed by atoms with E-state index >= 15 is 0 Å². The minimum absolute atomic E-state index is 0.575. The molecule has 0 bridgehead atoms. The van der Waals surface area contributed by atoms with Crippen molar-refractivity contribution in [2.45, 2.75) is 45.3 Å². The summed E-state index contributed by atoms with van der Waals surface area (Å²) >= 11 is 0. The summed E-state index contributed by atoms with van der Waals surface area (Å²) in [6.07, 6.45) is 4.01. The molecule has 0 saturated carbocycles. The molecule has 1 aromatic rings. The van der Waals surface area contributed by atoms with Crippen LogP contribution >= 0.6 is 0 Å². The van der Waals surface area contributed by atoms with Crippen LogP contribution in [0.15, 0.2) is 10.5 Å². The molecule has 0 aromatic carbocycles. The van der Waals surface area contributed by atoms with Gasteiger partial charge in [0.2, 0.25) is 0 Å². The second-order valence-electron chi connectivity index (χ2n) is 5.92. The third-order valence-corrected chi connectivity index (χ3v) is 4.56. The fourth-order valence-corrected chi connectivity index (χ4v) is 3.52. The van der Waals surface area contributed by atoms with E-state index in [2.05, 4.69) is 15.9 Å². The average molecular weight is 263 g/mol. The largest absolute Gasteiger partial charge is 0.465 e. The van der Waals surface area contributed by atoms with Crippen LogP contribution in [-0.2, 0) is 13.1 Å². The Morgan fingerprint density at radius 1 is 1.32 bits per heavy atom. The summed E-state index contributed by atoms with van der Waals surface area (Å²) in [5, 5.41) is 0. The maximum absolute atomic E-state index is 5.83. The Hall–Kier alpha value is -0.840. The van der Waals surface area contributed by atoms with Gasteiger partial charge in [-0.05, 0) is 51.9 Å². The molecule has 1 atom stereocenters. The molecule has 0 aliphatic carbocycles. The predicted octanol–water partition coefficient (Wildman–Crippen LogP) is 1.72. The lowest BCUT2D eigenvalue weighted by Gasteiger charge is -2.24. The molecule has 2 N–H and O–H groups in total. The summed E-state index contributed by atoms with van der Waals surface area (Å²) < 4.78 is 5.83. The van der Waals surface area contributed by atoms with Crippen LogP contribution in [0.4, 0.5) is 0 Å². The van der Waals surface area contributed by atoms with Gasteiger partial charge in [-0.1, -0.05) is 0 Å². The summed E-state index contributed by atoms with van der Waals surface area (Å²) in [6.45, 7) is 8.47. The summed E-state index contributed by atoms with van der Waals surface area (Å²) in [4.78, 5) is 5.22. The third kappa shape index (κ3) is 2.86. The fourth-order valence-electron chi connectivity index (χ4n) is 3.52. The molecule has 19 heavy (non-hydrogen) atoms. The minimum Gasteiger partial charge on any atom is -0.465 e. The second-order valence-corrected chi connectivity index (χ2v) is 5.92. The van der Waals surface area contributed by atoms with Crippen molar-refractivity contribution in [1.29, 1.82) is 0 Å². The monoisotopic (exact) mass is 263 g/mol. The quantitative estimate of drug-likeness (QED) is 0.902. The molecular weight excluding hydrogens is 238 g/mol. The first-order valence-corrected chi connectivity index (χ1v) is 7.51. The van der Waals surface area contributed by atoms with E-state index in [1.807, 2.05) is 6.92 Å². The van der Waals surface area contributed by atoms with Crippen molar-refractivity contribution in [3.63, 3.8) is 0 Å². The Morgan fingerprint density at radius 3 is 2.95 bits per heavy atom. The highest BCUT2D eigenvalue weighted by molar-refractivity contribution is 5.20. The molecule has 2 fully saturated rings. The molecule has 1 unspecified atom stereocenters. The molecular formula is C15H25N3O. The smallest absolute Gasteiger partial charge is 0.118 e. The predicted molar refractivity (Wildman–Crippen MR) is 75.8 cm³/mol. The van der Waals surface area contributed by atoms with Gasteiger partial charge in [-0.25, -0.2) is 0 Å². The van der Waals surface area contributed by atoms with E-state index in [-0.39, 0.29) is 0 Å². The first-order valence-electron chi connectivity index (χ1n) is 7.51. The van der Waals surface area contributed by atoms with E-state index in [1.54, 1.807) is 0 Å². The molecule has 106 valence electrons. The minimum atomic E-state index is 0.575. The van der Waals surface area contributed by atoms with Crippen molar-refractivity contribution in [1.82, 2.24) is 9.80 Å². The number of rotatable bonds is 3. The van der Waals surface area contributed by atoms with Gasteiger partial charge < -0.3 is 10.2 Å². The van der Waals surface area contributed by atoms with Crippen LogP contribution < -0.4 is 5.73 Å². The van der Waals surface area contributed by atoms with Crippen LogP contribution in [0.1, 0.15) is 36.3 Å². The Labute approximate surface area is 115 Å². The van der Waals surface area contributed by atoms with Crippen molar-refractivity contribution >= 4 is 0 Å². The number of nitrogens with two attached hydrogens (primary N) is 1. The zero-order chi connectivity index (χ0) is 13.2. The molecule has 4 heteroatoms. The van der Waals surface area contributed by atoms with Crippen LogP contribution in [0.2, 0.25) is 0 Å². The zero-order valence-electron chi connectivity index (χ0n) is 11.9. The van der Waals surface area contributed by atoms with Gasteiger partial charge in [0.15, 0.2) is 0 Å². The number of fused-ring (bicyclic) bond motifs is 1. The second kappa shape index (κ2) is 5.65. The van der Waals surface area contributed by atoms with Crippen molar-refractivity contribution in [3.05, 3.63) is 23.2 Å². The molecule has 3 heterocycles. The van der Waals surface area contributed by atoms with Gasteiger partial charge in [-0.3, -0.25) is 9.80 Å². The van der Waals surface area contributed by atoms with E-state index in [0.717, 1.165) is 29.7 Å². The number of hydrogen-bond acceptors (Lipinski definition) is 4. The van der Waals surface area contributed by atoms with Gasteiger partial charge in [0.25, 0.3) is 0 Å². The van der Waals surface area contributed by atoms with Crippen LogP contribution in [0.5, 0.6) is 0 Å². The molecule has 0 radical (unpaired) electrons. The number of furan rings is 1. The van der Waals surface area contributed by atoms with Crippen LogP contribution in [0, 0.1) is 6.92 Å². The maximum Gasteiger partial charge on any atom is 0.118 e. The van der Waals surface area contributed by atoms with Gasteiger partial charge in [-0.15, -0.1) is 0 Å². The molecule has 1 aromatic heterocycles. The lowest BCUT2D eigenvalue weighted by molar-refractivity contribution is 0.204. The van der Waals surface area contributed by atoms with Crippen molar-refractivity contribution in [2.24, 2.45) is 5.73 Å². The zero-order valence-corrected chi connectivity index (χ0v) is 11.9. The van der Waals surface area contributed by atoms with Crippen LogP contribution in [0.3, 0.4) is 0 Å². The highest BCUT2D eigenvalue weighted by Gasteiger charge is 2.28. The van der Waals surface area contributed by atoms with Crippen LogP contribution in [0.25, 0.3) is 0 Å². The Bertz CT molecular complexity index is 429. The normalized spacial score (nSPS) is 25.5. The molecule has 2 aliphatic heterocycles. The van der Waals surface area contributed by atoms with Gasteiger partial charge in [-0.2, -0.15) is 0 Å². The number of nitrogens with zero attached hydrogens (tertiary/aromatic N) is 2. The van der Waals surface area contributed by atoms with Gasteiger partial charge in [0.05, 0.1) is 6.54 Å². The fraction of sp³-hybridized carbons (Fsp3) is 0.733. The lowest BCUT2D eigenvalue weighted by atomic mass is 10.2. The Morgan fingerprint density at radius 2 is 2.16 bits per heavy atom. The Kier molecular flexibility index (Phi) is 3.91. The van der Waals surface area contributed by atoms with Gasteiger partial charge in [0.1, 0.15) is 11.5 Å². The molecule has 2 saturated heterocycles. The van der Waals surface area contributed by atoms with Gasteiger partial charge >= 0.3 is 0 Å². The molecule has 0 amide bonds. The third-order valence-electron chi connectivity index (χ3n) is 4.56. The standard InChI is InChI=1S/C15H25N3O/c1-12-13(9-16)8-15(19-12)11-17-5-3-7-18-6-2-4-14(18)10-17/h8,14H,2-7,9-11,16H2,1H3. The van der Waals surface area contributed by atoms with Crippen molar-refractivity contribution in [2.75, 3.05) is 26.2 Å². The first-order chi connectivity index (χ1) is 9.26. The van der Waals surface area contributed by atoms with Crippen molar-refractivity contribution in [3.8, 4) is 0 Å². The van der Waals surface area contributed by atoms with E-state index in [1.165, 1.54) is 45.4 Å². The summed E-state index contributed by atoms with van der Waals surface area (Å²) in [5.74, 6) is 2.05. The van der Waals surface area contributed by atoms with E-state index < -0.39 is 0 Å². The highest BCUT2D eigenvalue weighted by Crippen LogP contribution is 2.23. The molecule has 2 aliphatic rings.